The monoisotopic (exact) mass is 302 g/mol. The number of halogens is 1. The molecule has 0 heterocycles. The van der Waals surface area contributed by atoms with Crippen LogP contribution in [0, 0.1) is 5.82 Å². The fourth-order valence-electron chi connectivity index (χ4n) is 2.51. The minimum atomic E-state index is -0.551. The van der Waals surface area contributed by atoms with Crippen LogP contribution in [-0.4, -0.2) is 12.2 Å². The van der Waals surface area contributed by atoms with Crippen molar-refractivity contribution < 1.29 is 14.2 Å². The lowest BCUT2D eigenvalue weighted by Gasteiger charge is -2.25. The molecule has 0 spiro atoms. The lowest BCUT2D eigenvalue weighted by Crippen LogP contribution is -2.14. The Hall–Kier alpha value is -1.87. The highest BCUT2D eigenvalue weighted by Gasteiger charge is 2.22. The van der Waals surface area contributed by atoms with E-state index in [1.165, 1.54) is 6.07 Å². The van der Waals surface area contributed by atoms with E-state index in [-0.39, 0.29) is 11.2 Å². The van der Waals surface area contributed by atoms with Crippen molar-refractivity contribution in [1.29, 1.82) is 0 Å². The molecule has 0 radical (unpaired) electrons. The van der Waals surface area contributed by atoms with E-state index in [1.54, 1.807) is 26.2 Å². The van der Waals surface area contributed by atoms with Gasteiger partial charge in [0, 0.05) is 5.56 Å². The van der Waals surface area contributed by atoms with Crippen molar-refractivity contribution in [2.75, 3.05) is 7.11 Å². The molecule has 0 amide bonds. The van der Waals surface area contributed by atoms with Crippen molar-refractivity contribution in [3.63, 3.8) is 0 Å². The molecule has 118 valence electrons. The van der Waals surface area contributed by atoms with Crippen LogP contribution in [0.3, 0.4) is 0 Å². The third kappa shape index (κ3) is 3.30. The van der Waals surface area contributed by atoms with Gasteiger partial charge < -0.3 is 9.84 Å². The summed E-state index contributed by atoms with van der Waals surface area (Å²) in [4.78, 5) is 0. The molecule has 2 aromatic carbocycles. The van der Waals surface area contributed by atoms with Crippen molar-refractivity contribution in [2.24, 2.45) is 0 Å². The van der Waals surface area contributed by atoms with Crippen LogP contribution in [0.2, 0.25) is 0 Å². The first-order valence-corrected chi connectivity index (χ1v) is 7.40. The topological polar surface area (TPSA) is 29.5 Å². The second kappa shape index (κ2) is 6.09. The van der Waals surface area contributed by atoms with E-state index in [9.17, 15) is 9.50 Å². The Balaban J connectivity index is 2.70. The number of hydrogen-bond acceptors (Lipinski definition) is 2. The molecule has 0 saturated heterocycles. The summed E-state index contributed by atoms with van der Waals surface area (Å²) in [5, 5.41) is 9.82. The maximum absolute atomic E-state index is 14.3. The molecule has 1 N–H and O–H groups in total. The molecule has 2 nitrogen and oxygen atoms in total. The number of rotatable bonds is 3. The molecule has 0 aliphatic carbocycles. The maximum Gasteiger partial charge on any atom is 0.131 e. The molecule has 0 bridgehead atoms. The second-order valence-corrected chi connectivity index (χ2v) is 6.58. The van der Waals surface area contributed by atoms with Gasteiger partial charge >= 0.3 is 0 Å². The Labute approximate surface area is 131 Å². The Morgan fingerprint density at radius 3 is 2.27 bits per heavy atom. The maximum atomic E-state index is 14.3. The Bertz CT molecular complexity index is 670. The molecule has 1 atom stereocenters. The van der Waals surface area contributed by atoms with E-state index in [2.05, 4.69) is 20.8 Å². The van der Waals surface area contributed by atoms with Crippen LogP contribution in [0.15, 0.2) is 36.4 Å². The van der Waals surface area contributed by atoms with Crippen molar-refractivity contribution in [3.05, 3.63) is 53.3 Å². The van der Waals surface area contributed by atoms with E-state index in [1.807, 2.05) is 18.2 Å². The van der Waals surface area contributed by atoms with Gasteiger partial charge in [0.05, 0.1) is 13.2 Å². The first-order chi connectivity index (χ1) is 10.2. The van der Waals surface area contributed by atoms with Crippen LogP contribution in [0.25, 0.3) is 11.1 Å². The van der Waals surface area contributed by atoms with Gasteiger partial charge in [-0.05, 0) is 47.2 Å². The SMILES string of the molecule is COc1ccc(F)c(-c2ccc([C@@H](C)O)cc2C(C)(C)C)c1. The molecule has 2 aromatic rings. The molecular formula is C19H23FO2. The molecule has 0 fully saturated rings. The van der Waals surface area contributed by atoms with Crippen LogP contribution in [0.4, 0.5) is 4.39 Å². The molecule has 0 aliphatic rings. The molecule has 0 aromatic heterocycles. The fraction of sp³-hybridized carbons (Fsp3) is 0.368. The van der Waals surface area contributed by atoms with E-state index >= 15 is 0 Å². The van der Waals surface area contributed by atoms with Crippen molar-refractivity contribution in [2.45, 2.75) is 39.2 Å². The number of methoxy groups -OCH3 is 1. The number of aliphatic hydroxyl groups is 1. The highest BCUT2D eigenvalue weighted by molar-refractivity contribution is 5.71. The summed E-state index contributed by atoms with van der Waals surface area (Å²) in [5.41, 5.74) is 3.00. The lowest BCUT2D eigenvalue weighted by atomic mass is 9.80. The van der Waals surface area contributed by atoms with Crippen molar-refractivity contribution >= 4 is 0 Å². The molecule has 0 unspecified atom stereocenters. The summed E-state index contributed by atoms with van der Waals surface area (Å²) >= 11 is 0. The molecule has 0 saturated carbocycles. The highest BCUT2D eigenvalue weighted by atomic mass is 19.1. The highest BCUT2D eigenvalue weighted by Crippen LogP contribution is 2.37. The summed E-state index contributed by atoms with van der Waals surface area (Å²) in [6, 6.07) is 10.4. The normalized spacial score (nSPS) is 13.0. The van der Waals surface area contributed by atoms with Gasteiger partial charge in [-0.3, -0.25) is 0 Å². The fourth-order valence-corrected chi connectivity index (χ4v) is 2.51. The first-order valence-electron chi connectivity index (χ1n) is 7.40. The minimum absolute atomic E-state index is 0.171. The van der Waals surface area contributed by atoms with Gasteiger partial charge in [-0.15, -0.1) is 0 Å². The average Bonchev–Trinajstić information content (AvgIpc) is 2.46. The standard InChI is InChI=1S/C19H23FO2/c1-12(21)13-6-8-15(17(10-13)19(2,3)4)16-11-14(22-5)7-9-18(16)20/h6-12,21H,1-5H3/t12-/m1/s1. The largest absolute Gasteiger partial charge is 0.497 e. The van der Waals surface area contributed by atoms with Gasteiger partial charge in [-0.1, -0.05) is 39.0 Å². The number of benzene rings is 2. The van der Waals surface area contributed by atoms with E-state index in [0.717, 1.165) is 16.7 Å². The molecule has 0 aliphatic heterocycles. The summed E-state index contributed by atoms with van der Waals surface area (Å²) in [7, 11) is 1.57. The van der Waals surface area contributed by atoms with E-state index < -0.39 is 6.10 Å². The average molecular weight is 302 g/mol. The minimum Gasteiger partial charge on any atom is -0.497 e. The number of ether oxygens (including phenoxy) is 1. The van der Waals surface area contributed by atoms with Gasteiger partial charge in [0.2, 0.25) is 0 Å². The second-order valence-electron chi connectivity index (χ2n) is 6.58. The zero-order chi connectivity index (χ0) is 16.5. The van der Waals surface area contributed by atoms with E-state index in [0.29, 0.717) is 11.3 Å². The van der Waals surface area contributed by atoms with Gasteiger partial charge in [-0.25, -0.2) is 4.39 Å². The Kier molecular flexibility index (Phi) is 4.57. The lowest BCUT2D eigenvalue weighted by molar-refractivity contribution is 0.199. The zero-order valence-corrected chi connectivity index (χ0v) is 13.8. The van der Waals surface area contributed by atoms with Gasteiger partial charge in [0.15, 0.2) is 0 Å². The van der Waals surface area contributed by atoms with Gasteiger partial charge in [0.25, 0.3) is 0 Å². The predicted octanol–water partition coefficient (Wildman–Crippen LogP) is 4.85. The number of hydrogen-bond donors (Lipinski definition) is 1. The third-order valence-corrected chi connectivity index (χ3v) is 3.80. The van der Waals surface area contributed by atoms with Gasteiger partial charge in [0.1, 0.15) is 11.6 Å². The summed E-state index contributed by atoms with van der Waals surface area (Å²) in [5.74, 6) is 0.340. The smallest absolute Gasteiger partial charge is 0.131 e. The third-order valence-electron chi connectivity index (χ3n) is 3.80. The zero-order valence-electron chi connectivity index (χ0n) is 13.8. The number of aliphatic hydroxyl groups excluding tert-OH is 1. The van der Waals surface area contributed by atoms with Gasteiger partial charge in [-0.2, -0.15) is 0 Å². The van der Waals surface area contributed by atoms with Crippen LogP contribution in [0.1, 0.15) is 44.9 Å². The Morgan fingerprint density at radius 2 is 1.73 bits per heavy atom. The van der Waals surface area contributed by atoms with Crippen molar-refractivity contribution in [3.8, 4) is 16.9 Å². The van der Waals surface area contributed by atoms with Crippen molar-refractivity contribution in [1.82, 2.24) is 0 Å². The Morgan fingerprint density at radius 1 is 1.05 bits per heavy atom. The van der Waals surface area contributed by atoms with Crippen LogP contribution in [-0.2, 0) is 5.41 Å². The molecule has 22 heavy (non-hydrogen) atoms. The molecular weight excluding hydrogens is 279 g/mol. The van der Waals surface area contributed by atoms with E-state index in [4.69, 9.17) is 4.74 Å². The summed E-state index contributed by atoms with van der Waals surface area (Å²) in [6.45, 7) is 7.97. The molecule has 2 rings (SSSR count). The first kappa shape index (κ1) is 16.5. The predicted molar refractivity (Wildman–Crippen MR) is 87.7 cm³/mol. The summed E-state index contributed by atoms with van der Waals surface area (Å²) < 4.78 is 19.5. The summed E-state index contributed by atoms with van der Waals surface area (Å²) in [6.07, 6.45) is -0.551. The molecule has 3 heteroatoms. The van der Waals surface area contributed by atoms with Crippen LogP contribution < -0.4 is 4.74 Å². The van der Waals surface area contributed by atoms with Crippen LogP contribution >= 0.6 is 0 Å². The van der Waals surface area contributed by atoms with Crippen LogP contribution in [0.5, 0.6) is 5.75 Å². The quantitative estimate of drug-likeness (QED) is 0.878.